The van der Waals surface area contributed by atoms with Crippen molar-refractivity contribution in [2.75, 3.05) is 13.2 Å². The normalized spacial score (nSPS) is 12.1. The SMILES string of the molecule is CCCCCC/C=C\CCCC(=O)OCC(COC(=O)CCCCCCCCC/C=C\CCCCCCCC)OC(=O)CCCCCCCCCCCCCCCCCC. The summed E-state index contributed by atoms with van der Waals surface area (Å²) < 4.78 is 16.7. The van der Waals surface area contributed by atoms with Gasteiger partial charge in [0.1, 0.15) is 13.2 Å². The first kappa shape index (κ1) is 57.9. The van der Waals surface area contributed by atoms with Gasteiger partial charge in [0.15, 0.2) is 6.10 Å². The highest BCUT2D eigenvalue weighted by molar-refractivity contribution is 5.71. The van der Waals surface area contributed by atoms with E-state index in [0.717, 1.165) is 57.8 Å². The minimum absolute atomic E-state index is 0.0784. The van der Waals surface area contributed by atoms with Gasteiger partial charge in [-0.1, -0.05) is 225 Å². The van der Waals surface area contributed by atoms with E-state index < -0.39 is 6.10 Å². The third-order valence-electron chi connectivity index (χ3n) is 11.7. The number of carbonyl (C=O) groups is 3. The minimum atomic E-state index is -0.778. The quantitative estimate of drug-likeness (QED) is 0.0263. The van der Waals surface area contributed by atoms with E-state index in [2.05, 4.69) is 45.1 Å². The van der Waals surface area contributed by atoms with Gasteiger partial charge in [0.2, 0.25) is 0 Å². The van der Waals surface area contributed by atoms with Crippen molar-refractivity contribution in [3.63, 3.8) is 0 Å². The Bertz CT molecular complexity index is 973. The van der Waals surface area contributed by atoms with E-state index in [-0.39, 0.29) is 31.1 Å². The lowest BCUT2D eigenvalue weighted by atomic mass is 10.0. The maximum Gasteiger partial charge on any atom is 0.306 e. The van der Waals surface area contributed by atoms with Crippen molar-refractivity contribution < 1.29 is 28.6 Å². The number of carbonyl (C=O) groups excluding carboxylic acids is 3. The maximum atomic E-state index is 12.8. The highest BCUT2D eigenvalue weighted by atomic mass is 16.6. The molecular weight excluding hydrogens is 745 g/mol. The first-order valence-electron chi connectivity index (χ1n) is 26.3. The van der Waals surface area contributed by atoms with Crippen LogP contribution in [0.5, 0.6) is 0 Å². The second-order valence-corrected chi connectivity index (χ2v) is 17.8. The van der Waals surface area contributed by atoms with E-state index in [1.807, 2.05) is 0 Å². The molecule has 352 valence electrons. The number of esters is 3. The summed E-state index contributed by atoms with van der Waals surface area (Å²) in [7, 11) is 0. The van der Waals surface area contributed by atoms with Crippen LogP contribution in [0, 0.1) is 0 Å². The highest BCUT2D eigenvalue weighted by Gasteiger charge is 2.19. The van der Waals surface area contributed by atoms with Crippen LogP contribution in [0.3, 0.4) is 0 Å². The number of unbranched alkanes of at least 4 members (excludes halogenated alkanes) is 33. The van der Waals surface area contributed by atoms with E-state index in [4.69, 9.17) is 14.2 Å². The van der Waals surface area contributed by atoms with Crippen LogP contribution in [0.2, 0.25) is 0 Å². The molecule has 0 rings (SSSR count). The Labute approximate surface area is 373 Å². The molecule has 60 heavy (non-hydrogen) atoms. The number of hydrogen-bond donors (Lipinski definition) is 0. The Morgan fingerprint density at radius 1 is 0.317 bits per heavy atom. The van der Waals surface area contributed by atoms with Crippen molar-refractivity contribution in [1.82, 2.24) is 0 Å². The van der Waals surface area contributed by atoms with Crippen LogP contribution in [0.15, 0.2) is 24.3 Å². The topological polar surface area (TPSA) is 78.9 Å². The van der Waals surface area contributed by atoms with Crippen molar-refractivity contribution >= 4 is 17.9 Å². The van der Waals surface area contributed by atoms with Crippen LogP contribution in [-0.4, -0.2) is 37.2 Å². The molecule has 0 aromatic rings. The van der Waals surface area contributed by atoms with Crippen molar-refractivity contribution in [2.24, 2.45) is 0 Å². The number of allylic oxidation sites excluding steroid dienone is 4. The zero-order chi connectivity index (χ0) is 43.7. The molecular formula is C54H100O6. The smallest absolute Gasteiger partial charge is 0.306 e. The van der Waals surface area contributed by atoms with Gasteiger partial charge in [0.25, 0.3) is 0 Å². The van der Waals surface area contributed by atoms with E-state index in [1.165, 1.54) is 186 Å². The molecule has 6 nitrogen and oxygen atoms in total. The van der Waals surface area contributed by atoms with Crippen molar-refractivity contribution in [2.45, 2.75) is 290 Å². The highest BCUT2D eigenvalue weighted by Crippen LogP contribution is 2.16. The first-order chi connectivity index (χ1) is 29.5. The number of ether oxygens (including phenoxy) is 3. The van der Waals surface area contributed by atoms with Crippen molar-refractivity contribution in [3.05, 3.63) is 24.3 Å². The molecule has 0 saturated heterocycles. The average Bonchev–Trinajstić information content (AvgIpc) is 3.24. The van der Waals surface area contributed by atoms with Gasteiger partial charge in [-0.2, -0.15) is 0 Å². The van der Waals surface area contributed by atoms with E-state index in [1.54, 1.807) is 0 Å². The summed E-state index contributed by atoms with van der Waals surface area (Å²) in [6.07, 6.45) is 56.0. The number of hydrogen-bond acceptors (Lipinski definition) is 6. The fourth-order valence-electron chi connectivity index (χ4n) is 7.68. The van der Waals surface area contributed by atoms with E-state index in [0.29, 0.717) is 19.3 Å². The Balaban J connectivity index is 4.29. The second kappa shape index (κ2) is 49.5. The maximum absolute atomic E-state index is 12.8. The Morgan fingerprint density at radius 2 is 0.567 bits per heavy atom. The summed E-state index contributed by atoms with van der Waals surface area (Å²) >= 11 is 0. The lowest BCUT2D eigenvalue weighted by Crippen LogP contribution is -2.30. The zero-order valence-electron chi connectivity index (χ0n) is 40.2. The molecule has 1 unspecified atom stereocenters. The van der Waals surface area contributed by atoms with Crippen LogP contribution >= 0.6 is 0 Å². The summed E-state index contributed by atoms with van der Waals surface area (Å²) in [6, 6.07) is 0. The molecule has 0 N–H and O–H groups in total. The van der Waals surface area contributed by atoms with Gasteiger partial charge in [-0.3, -0.25) is 14.4 Å². The van der Waals surface area contributed by atoms with Gasteiger partial charge in [0, 0.05) is 19.3 Å². The van der Waals surface area contributed by atoms with Gasteiger partial charge in [-0.25, -0.2) is 0 Å². The third-order valence-corrected chi connectivity index (χ3v) is 11.7. The van der Waals surface area contributed by atoms with Crippen molar-refractivity contribution in [1.29, 1.82) is 0 Å². The largest absolute Gasteiger partial charge is 0.462 e. The molecule has 1 atom stereocenters. The molecule has 0 radical (unpaired) electrons. The van der Waals surface area contributed by atoms with Crippen LogP contribution in [0.1, 0.15) is 284 Å². The van der Waals surface area contributed by atoms with E-state index >= 15 is 0 Å². The monoisotopic (exact) mass is 845 g/mol. The molecule has 0 aliphatic rings. The summed E-state index contributed by atoms with van der Waals surface area (Å²) in [6.45, 7) is 6.60. The third kappa shape index (κ3) is 46.9. The van der Waals surface area contributed by atoms with Gasteiger partial charge in [-0.05, 0) is 64.2 Å². The van der Waals surface area contributed by atoms with Crippen LogP contribution in [-0.2, 0) is 28.6 Å². The van der Waals surface area contributed by atoms with Gasteiger partial charge in [0.05, 0.1) is 0 Å². The lowest BCUT2D eigenvalue weighted by molar-refractivity contribution is -0.167. The standard InChI is InChI=1S/C54H100O6/c1-4-7-10-13-16-19-21-23-25-27-29-30-32-35-38-41-44-47-53(56)59-50-51(49-58-52(55)46-43-40-37-34-18-15-12-9-6-3)60-54(57)48-45-42-39-36-33-31-28-26-24-22-20-17-14-11-8-5-2/h23,25,34,37,51H,4-22,24,26-33,35-36,38-50H2,1-3H3/b25-23-,37-34-. The molecule has 0 amide bonds. The molecule has 0 spiro atoms. The molecule has 0 aromatic heterocycles. The molecule has 0 saturated carbocycles. The molecule has 0 fully saturated rings. The fourth-order valence-corrected chi connectivity index (χ4v) is 7.68. The van der Waals surface area contributed by atoms with Crippen LogP contribution in [0.25, 0.3) is 0 Å². The average molecular weight is 845 g/mol. The van der Waals surface area contributed by atoms with Gasteiger partial charge in [-0.15, -0.1) is 0 Å². The Kier molecular flexibility index (Phi) is 47.8. The summed E-state index contributed by atoms with van der Waals surface area (Å²) in [5.41, 5.74) is 0. The second-order valence-electron chi connectivity index (χ2n) is 17.8. The van der Waals surface area contributed by atoms with Crippen molar-refractivity contribution in [3.8, 4) is 0 Å². The molecule has 0 aliphatic heterocycles. The number of rotatable bonds is 48. The van der Waals surface area contributed by atoms with Gasteiger partial charge >= 0.3 is 17.9 Å². The molecule has 0 aliphatic carbocycles. The molecule has 0 heterocycles. The summed E-state index contributed by atoms with van der Waals surface area (Å²) in [4.78, 5) is 37.9. The molecule has 0 aromatic carbocycles. The lowest BCUT2D eigenvalue weighted by Gasteiger charge is -2.18. The predicted molar refractivity (Wildman–Crippen MR) is 256 cm³/mol. The Morgan fingerprint density at radius 3 is 0.917 bits per heavy atom. The molecule has 6 heteroatoms. The van der Waals surface area contributed by atoms with Gasteiger partial charge < -0.3 is 14.2 Å². The minimum Gasteiger partial charge on any atom is -0.462 e. The summed E-state index contributed by atoms with van der Waals surface area (Å²) in [5, 5.41) is 0. The summed E-state index contributed by atoms with van der Waals surface area (Å²) in [5.74, 6) is -0.906. The zero-order valence-corrected chi connectivity index (χ0v) is 40.2. The van der Waals surface area contributed by atoms with Crippen LogP contribution < -0.4 is 0 Å². The molecule has 0 bridgehead atoms. The van der Waals surface area contributed by atoms with Crippen LogP contribution in [0.4, 0.5) is 0 Å². The predicted octanol–water partition coefficient (Wildman–Crippen LogP) is 17.2. The van der Waals surface area contributed by atoms with E-state index in [9.17, 15) is 14.4 Å². The fraction of sp³-hybridized carbons (Fsp3) is 0.870. The first-order valence-corrected chi connectivity index (χ1v) is 26.3. The Hall–Kier alpha value is -2.11.